The van der Waals surface area contributed by atoms with E-state index in [1.807, 2.05) is 0 Å². The zero-order valence-corrected chi connectivity index (χ0v) is 16.5. The van der Waals surface area contributed by atoms with E-state index in [1.54, 1.807) is 14.2 Å². The highest BCUT2D eigenvalue weighted by Crippen LogP contribution is 2.50. The van der Waals surface area contributed by atoms with Crippen LogP contribution in [0.3, 0.4) is 0 Å². The van der Waals surface area contributed by atoms with Gasteiger partial charge in [-0.25, -0.2) is 0 Å². The second-order valence-electron chi connectivity index (χ2n) is 7.85. The minimum atomic E-state index is -0.0831. The van der Waals surface area contributed by atoms with E-state index in [2.05, 4.69) is 54.6 Å². The Labute approximate surface area is 166 Å². The molecule has 1 fully saturated rings. The van der Waals surface area contributed by atoms with Crippen molar-refractivity contribution in [2.24, 2.45) is 0 Å². The lowest BCUT2D eigenvalue weighted by Crippen LogP contribution is -2.33. The predicted molar refractivity (Wildman–Crippen MR) is 111 cm³/mol. The first-order valence-corrected chi connectivity index (χ1v) is 10.2. The lowest BCUT2D eigenvalue weighted by atomic mass is 9.75. The normalized spacial score (nSPS) is 23.7. The largest absolute Gasteiger partial charge is 0.493 e. The fourth-order valence-corrected chi connectivity index (χ4v) is 5.04. The third-order valence-electron chi connectivity index (χ3n) is 6.39. The summed E-state index contributed by atoms with van der Waals surface area (Å²) >= 11 is 0. The Morgan fingerprint density at radius 3 is 2.32 bits per heavy atom. The molecule has 0 N–H and O–H groups in total. The van der Waals surface area contributed by atoms with E-state index in [0.717, 1.165) is 17.9 Å². The molecule has 1 saturated carbocycles. The molecule has 1 heterocycles. The molecule has 28 heavy (non-hydrogen) atoms. The van der Waals surface area contributed by atoms with Crippen molar-refractivity contribution in [3.63, 3.8) is 0 Å². The maximum atomic E-state index is 6.79. The van der Waals surface area contributed by atoms with Crippen molar-refractivity contribution < 1.29 is 14.2 Å². The van der Waals surface area contributed by atoms with Gasteiger partial charge in [-0.05, 0) is 52.4 Å². The molecule has 0 aromatic heterocycles. The molecule has 3 heteroatoms. The Bertz CT molecular complexity index is 1000. The van der Waals surface area contributed by atoms with Crippen LogP contribution in [-0.2, 0) is 4.74 Å². The molecule has 3 aromatic carbocycles. The maximum Gasteiger partial charge on any atom is 0.161 e. The summed E-state index contributed by atoms with van der Waals surface area (Å²) in [4.78, 5) is 0. The van der Waals surface area contributed by atoms with E-state index >= 15 is 0 Å². The lowest BCUT2D eigenvalue weighted by molar-refractivity contribution is -0.0385. The van der Waals surface area contributed by atoms with Crippen LogP contribution in [0.15, 0.2) is 54.6 Å². The highest BCUT2D eigenvalue weighted by Gasteiger charge is 2.39. The van der Waals surface area contributed by atoms with Gasteiger partial charge in [0.1, 0.15) is 6.10 Å². The van der Waals surface area contributed by atoms with Gasteiger partial charge in [-0.2, -0.15) is 0 Å². The van der Waals surface area contributed by atoms with Gasteiger partial charge in [0.15, 0.2) is 11.5 Å². The fourth-order valence-electron chi connectivity index (χ4n) is 5.04. The zero-order chi connectivity index (χ0) is 19.1. The topological polar surface area (TPSA) is 27.7 Å². The van der Waals surface area contributed by atoms with Crippen molar-refractivity contribution in [1.29, 1.82) is 0 Å². The van der Waals surface area contributed by atoms with Gasteiger partial charge >= 0.3 is 0 Å². The molecule has 2 aliphatic rings. The third-order valence-corrected chi connectivity index (χ3v) is 6.39. The quantitative estimate of drug-likeness (QED) is 0.562. The molecule has 0 spiro atoms. The molecule has 0 radical (unpaired) electrons. The van der Waals surface area contributed by atoms with Gasteiger partial charge in [0, 0.05) is 5.92 Å². The van der Waals surface area contributed by atoms with E-state index < -0.39 is 0 Å². The molecule has 0 unspecified atom stereocenters. The van der Waals surface area contributed by atoms with E-state index in [4.69, 9.17) is 14.2 Å². The van der Waals surface area contributed by atoms with E-state index in [0.29, 0.717) is 5.92 Å². The first kappa shape index (κ1) is 17.6. The van der Waals surface area contributed by atoms with Crippen LogP contribution >= 0.6 is 0 Å². The number of hydrogen-bond acceptors (Lipinski definition) is 3. The molecule has 3 atom stereocenters. The van der Waals surface area contributed by atoms with Gasteiger partial charge in [0.2, 0.25) is 0 Å². The standard InChI is InChI=1S/C25H26O3/c1-26-23-14-20-18-11-5-6-13-22(18)28-25(21(20)15-24(23)27-2)19-12-7-9-16-8-3-4-10-17(16)19/h3-4,7-10,12,14-15,18,22,25H,5-6,11,13H2,1-2H3/t18-,22-,25+/m0/s1. The molecule has 3 aromatic rings. The molecular formula is C25H26O3. The summed E-state index contributed by atoms with van der Waals surface area (Å²) in [5.41, 5.74) is 3.82. The second-order valence-corrected chi connectivity index (χ2v) is 7.85. The number of hydrogen-bond donors (Lipinski definition) is 0. The summed E-state index contributed by atoms with van der Waals surface area (Å²) < 4.78 is 18.0. The molecule has 1 aliphatic heterocycles. The van der Waals surface area contributed by atoms with Gasteiger partial charge in [-0.15, -0.1) is 0 Å². The van der Waals surface area contributed by atoms with Crippen LogP contribution in [0.4, 0.5) is 0 Å². The van der Waals surface area contributed by atoms with E-state index in [1.165, 1.54) is 46.7 Å². The minimum absolute atomic E-state index is 0.0831. The van der Waals surface area contributed by atoms with Crippen molar-refractivity contribution in [2.75, 3.05) is 14.2 Å². The first-order chi connectivity index (χ1) is 13.8. The van der Waals surface area contributed by atoms with Crippen LogP contribution in [0.5, 0.6) is 11.5 Å². The molecular weight excluding hydrogens is 348 g/mol. The molecule has 0 saturated heterocycles. The molecule has 5 rings (SSSR count). The Balaban J connectivity index is 1.73. The maximum absolute atomic E-state index is 6.79. The summed E-state index contributed by atoms with van der Waals surface area (Å²) in [6, 6.07) is 19.4. The van der Waals surface area contributed by atoms with Crippen LogP contribution in [0.25, 0.3) is 10.8 Å². The molecule has 0 bridgehead atoms. The van der Waals surface area contributed by atoms with Gasteiger partial charge in [-0.3, -0.25) is 0 Å². The van der Waals surface area contributed by atoms with Crippen LogP contribution in [0, 0.1) is 0 Å². The van der Waals surface area contributed by atoms with Crippen LogP contribution < -0.4 is 9.47 Å². The highest BCUT2D eigenvalue weighted by molar-refractivity contribution is 5.86. The Morgan fingerprint density at radius 2 is 1.50 bits per heavy atom. The summed E-state index contributed by atoms with van der Waals surface area (Å²) in [5.74, 6) is 2.02. The van der Waals surface area contributed by atoms with Gasteiger partial charge in [-0.1, -0.05) is 55.3 Å². The average Bonchev–Trinajstić information content (AvgIpc) is 2.77. The SMILES string of the molecule is COc1cc2c(cc1OC)[C@@H]1CCCC[C@@H]1O[C@@H]2c1cccc2ccccc12. The van der Waals surface area contributed by atoms with Crippen LogP contribution in [-0.4, -0.2) is 20.3 Å². The van der Waals surface area contributed by atoms with Crippen LogP contribution in [0.2, 0.25) is 0 Å². The number of benzene rings is 3. The zero-order valence-electron chi connectivity index (χ0n) is 16.5. The second kappa shape index (κ2) is 7.14. The summed E-state index contributed by atoms with van der Waals surface area (Å²) in [5, 5.41) is 2.50. The van der Waals surface area contributed by atoms with E-state index in [9.17, 15) is 0 Å². The van der Waals surface area contributed by atoms with Crippen molar-refractivity contribution in [1.82, 2.24) is 0 Å². The summed E-state index contributed by atoms with van der Waals surface area (Å²) in [6.45, 7) is 0. The Morgan fingerprint density at radius 1 is 0.786 bits per heavy atom. The molecule has 3 nitrogen and oxygen atoms in total. The lowest BCUT2D eigenvalue weighted by Gasteiger charge is -2.42. The summed E-state index contributed by atoms with van der Waals surface area (Å²) in [7, 11) is 3.41. The summed E-state index contributed by atoms with van der Waals surface area (Å²) in [6.07, 6.45) is 4.99. The van der Waals surface area contributed by atoms with E-state index in [-0.39, 0.29) is 12.2 Å². The minimum Gasteiger partial charge on any atom is -0.493 e. The Hall–Kier alpha value is -2.52. The van der Waals surface area contributed by atoms with Gasteiger partial charge in [0.05, 0.1) is 20.3 Å². The monoisotopic (exact) mass is 374 g/mol. The highest BCUT2D eigenvalue weighted by atomic mass is 16.5. The smallest absolute Gasteiger partial charge is 0.161 e. The van der Waals surface area contributed by atoms with Crippen molar-refractivity contribution >= 4 is 10.8 Å². The van der Waals surface area contributed by atoms with Crippen molar-refractivity contribution in [3.8, 4) is 11.5 Å². The van der Waals surface area contributed by atoms with Gasteiger partial charge < -0.3 is 14.2 Å². The molecule has 0 amide bonds. The molecule has 1 aliphatic carbocycles. The van der Waals surface area contributed by atoms with Crippen LogP contribution in [0.1, 0.15) is 54.4 Å². The predicted octanol–water partition coefficient (Wildman–Crippen LogP) is 6.00. The third kappa shape index (κ3) is 2.77. The number of fused-ring (bicyclic) bond motifs is 4. The fraction of sp³-hybridized carbons (Fsp3) is 0.360. The number of ether oxygens (including phenoxy) is 3. The van der Waals surface area contributed by atoms with Gasteiger partial charge in [0.25, 0.3) is 0 Å². The first-order valence-electron chi connectivity index (χ1n) is 10.2. The number of rotatable bonds is 3. The average molecular weight is 374 g/mol. The van der Waals surface area contributed by atoms with Crippen molar-refractivity contribution in [3.05, 3.63) is 71.3 Å². The van der Waals surface area contributed by atoms with Crippen molar-refractivity contribution in [2.45, 2.75) is 43.8 Å². The Kier molecular flexibility index (Phi) is 4.48. The number of methoxy groups -OCH3 is 2. The molecule has 144 valence electrons.